The number of aryl methyl sites for hydroxylation is 2. The Morgan fingerprint density at radius 2 is 2.04 bits per heavy atom. The Balaban J connectivity index is 2.61. The number of nitriles is 1. The van der Waals surface area contributed by atoms with E-state index >= 15 is 0 Å². The number of carbonyl (C=O) groups excluding carboxylic acids is 1. The molecule has 7 heteroatoms. The van der Waals surface area contributed by atoms with E-state index in [4.69, 9.17) is 21.6 Å². The van der Waals surface area contributed by atoms with Crippen LogP contribution in [0.2, 0.25) is 5.28 Å². The summed E-state index contributed by atoms with van der Waals surface area (Å²) in [6.07, 6.45) is 3.98. The van der Waals surface area contributed by atoms with Gasteiger partial charge in [0.05, 0.1) is 18.9 Å². The summed E-state index contributed by atoms with van der Waals surface area (Å²) in [4.78, 5) is 21.6. The first-order valence-corrected chi connectivity index (χ1v) is 7.39. The van der Waals surface area contributed by atoms with Crippen molar-refractivity contribution in [2.75, 3.05) is 12.0 Å². The molecule has 0 N–H and O–H groups in total. The molecule has 0 bridgehead atoms. The van der Waals surface area contributed by atoms with Crippen LogP contribution in [-0.4, -0.2) is 23.2 Å². The van der Waals surface area contributed by atoms with Crippen LogP contribution in [0, 0.1) is 25.2 Å². The quantitative estimate of drug-likeness (QED) is 0.617. The van der Waals surface area contributed by atoms with Crippen LogP contribution >= 0.6 is 11.6 Å². The van der Waals surface area contributed by atoms with Gasteiger partial charge in [-0.25, -0.2) is 14.7 Å². The molecule has 1 aromatic carbocycles. The summed E-state index contributed by atoms with van der Waals surface area (Å²) in [5, 5.41) is 8.69. The smallest absolute Gasteiger partial charge is 0.419 e. The van der Waals surface area contributed by atoms with Gasteiger partial charge in [-0.05, 0) is 60.3 Å². The molecule has 1 aromatic heterocycles. The average molecular weight is 343 g/mol. The topological polar surface area (TPSA) is 79.1 Å². The molecule has 0 radical (unpaired) electrons. The number of rotatable bonds is 3. The molecule has 2 aromatic rings. The third-order valence-electron chi connectivity index (χ3n) is 3.29. The molecule has 0 saturated heterocycles. The lowest BCUT2D eigenvalue weighted by Gasteiger charge is -2.24. The predicted molar refractivity (Wildman–Crippen MR) is 92.1 cm³/mol. The number of methoxy groups -OCH3 is 1. The molecule has 0 unspecified atom stereocenters. The van der Waals surface area contributed by atoms with E-state index in [1.807, 2.05) is 32.0 Å². The van der Waals surface area contributed by atoms with E-state index in [0.29, 0.717) is 11.5 Å². The number of halogens is 1. The Morgan fingerprint density at radius 3 is 2.58 bits per heavy atom. The van der Waals surface area contributed by atoms with Crippen LogP contribution in [-0.2, 0) is 4.74 Å². The van der Waals surface area contributed by atoms with Gasteiger partial charge in [-0.2, -0.15) is 10.2 Å². The molecule has 122 valence electrons. The molecule has 6 nitrogen and oxygen atoms in total. The van der Waals surface area contributed by atoms with Crippen LogP contribution < -0.4 is 4.90 Å². The second kappa shape index (κ2) is 7.57. The van der Waals surface area contributed by atoms with Crippen molar-refractivity contribution in [1.29, 1.82) is 5.26 Å². The van der Waals surface area contributed by atoms with E-state index in [-0.39, 0.29) is 5.28 Å². The number of carbonyl (C=O) groups is 1. The Hall–Kier alpha value is -2.91. The zero-order chi connectivity index (χ0) is 17.7. The second-order valence-electron chi connectivity index (χ2n) is 4.96. The highest BCUT2D eigenvalue weighted by Crippen LogP contribution is 2.32. The number of anilines is 2. The summed E-state index contributed by atoms with van der Waals surface area (Å²) in [6, 6.07) is 7.27. The predicted octanol–water partition coefficient (Wildman–Crippen LogP) is 4.19. The summed E-state index contributed by atoms with van der Waals surface area (Å²) in [5.41, 5.74) is 3.16. The first-order chi connectivity index (χ1) is 11.5. The maximum atomic E-state index is 12.3. The van der Waals surface area contributed by atoms with Gasteiger partial charge in [-0.3, -0.25) is 0 Å². The largest absolute Gasteiger partial charge is 0.452 e. The van der Waals surface area contributed by atoms with Gasteiger partial charge in [0.2, 0.25) is 5.28 Å². The highest BCUT2D eigenvalue weighted by atomic mass is 35.5. The average Bonchev–Trinajstić information content (AvgIpc) is 2.55. The highest BCUT2D eigenvalue weighted by Gasteiger charge is 2.24. The number of nitrogens with zero attached hydrogens (tertiary/aromatic N) is 4. The van der Waals surface area contributed by atoms with Crippen molar-refractivity contribution >= 4 is 35.3 Å². The van der Waals surface area contributed by atoms with Crippen LogP contribution in [0.4, 0.5) is 16.3 Å². The van der Waals surface area contributed by atoms with Crippen LogP contribution in [0.15, 0.2) is 30.5 Å². The summed E-state index contributed by atoms with van der Waals surface area (Å²) >= 11 is 5.85. The van der Waals surface area contributed by atoms with Gasteiger partial charge in [-0.1, -0.05) is 0 Å². The number of allylic oxidation sites excluding steroid dienone is 1. The molecule has 0 spiro atoms. The fraction of sp³-hybridized carbons (Fsp3) is 0.176. The van der Waals surface area contributed by atoms with E-state index in [0.717, 1.165) is 16.7 Å². The van der Waals surface area contributed by atoms with Gasteiger partial charge in [0.15, 0.2) is 0 Å². The third-order valence-corrected chi connectivity index (χ3v) is 3.47. The third kappa shape index (κ3) is 3.70. The van der Waals surface area contributed by atoms with Gasteiger partial charge >= 0.3 is 6.09 Å². The molecule has 0 aliphatic rings. The van der Waals surface area contributed by atoms with E-state index in [1.54, 1.807) is 12.1 Å². The van der Waals surface area contributed by atoms with Crippen LogP contribution in [0.5, 0.6) is 0 Å². The molecule has 0 saturated carbocycles. The number of aromatic nitrogens is 2. The minimum Gasteiger partial charge on any atom is -0.452 e. The van der Waals surface area contributed by atoms with Crippen LogP contribution in [0.3, 0.4) is 0 Å². The number of hydrogen-bond donors (Lipinski definition) is 0. The normalized spacial score (nSPS) is 10.5. The molecule has 0 atom stereocenters. The van der Waals surface area contributed by atoms with Crippen LogP contribution in [0.25, 0.3) is 6.08 Å². The van der Waals surface area contributed by atoms with Gasteiger partial charge in [0.1, 0.15) is 5.82 Å². The molecular weight excluding hydrogens is 328 g/mol. The van der Waals surface area contributed by atoms with Crippen molar-refractivity contribution in [1.82, 2.24) is 9.97 Å². The molecule has 2 rings (SSSR count). The molecule has 0 aliphatic heterocycles. The molecule has 0 fully saturated rings. The Bertz CT molecular complexity index is 820. The zero-order valence-corrected chi connectivity index (χ0v) is 14.2. The minimum absolute atomic E-state index is 0.0327. The van der Waals surface area contributed by atoms with Crippen molar-refractivity contribution in [2.45, 2.75) is 13.8 Å². The number of benzene rings is 1. The standard InChI is InChI=1S/C17H15ClN4O2/c1-11-9-13(5-4-7-19)10-12(2)15(11)22(17(23)24-3)14-6-8-20-16(18)21-14/h4-6,8-10H,1-3H3/b5-4+. The van der Waals surface area contributed by atoms with Crippen molar-refractivity contribution in [3.05, 3.63) is 52.4 Å². The zero-order valence-electron chi connectivity index (χ0n) is 13.4. The number of hydrogen-bond acceptors (Lipinski definition) is 5. The fourth-order valence-corrected chi connectivity index (χ4v) is 2.56. The maximum absolute atomic E-state index is 12.3. The highest BCUT2D eigenvalue weighted by molar-refractivity contribution is 6.28. The minimum atomic E-state index is -0.587. The number of ether oxygens (including phenoxy) is 1. The van der Waals surface area contributed by atoms with Gasteiger partial charge in [-0.15, -0.1) is 0 Å². The maximum Gasteiger partial charge on any atom is 0.419 e. The summed E-state index contributed by atoms with van der Waals surface area (Å²) in [7, 11) is 1.30. The lowest BCUT2D eigenvalue weighted by molar-refractivity contribution is 0.181. The van der Waals surface area contributed by atoms with E-state index in [2.05, 4.69) is 9.97 Å². The number of amides is 1. The van der Waals surface area contributed by atoms with Crippen molar-refractivity contribution < 1.29 is 9.53 Å². The second-order valence-corrected chi connectivity index (χ2v) is 5.29. The fourth-order valence-electron chi connectivity index (χ4n) is 2.41. The molecule has 0 aliphatic carbocycles. The Labute approximate surface area is 145 Å². The van der Waals surface area contributed by atoms with E-state index < -0.39 is 6.09 Å². The van der Waals surface area contributed by atoms with Crippen molar-refractivity contribution in [3.8, 4) is 6.07 Å². The first-order valence-electron chi connectivity index (χ1n) is 7.02. The van der Waals surface area contributed by atoms with Crippen molar-refractivity contribution in [3.63, 3.8) is 0 Å². The molecule has 1 heterocycles. The van der Waals surface area contributed by atoms with E-state index in [1.165, 1.54) is 24.3 Å². The Kier molecular flexibility index (Phi) is 5.51. The summed E-state index contributed by atoms with van der Waals surface area (Å²) in [5.74, 6) is 0.313. The summed E-state index contributed by atoms with van der Waals surface area (Å²) in [6.45, 7) is 3.73. The SMILES string of the molecule is COC(=O)N(c1ccnc(Cl)n1)c1c(C)cc(/C=C/C#N)cc1C. The molecular formula is C17H15ClN4O2. The summed E-state index contributed by atoms with van der Waals surface area (Å²) < 4.78 is 4.89. The Morgan fingerprint density at radius 1 is 1.38 bits per heavy atom. The van der Waals surface area contributed by atoms with Crippen LogP contribution in [0.1, 0.15) is 16.7 Å². The van der Waals surface area contributed by atoms with Gasteiger partial charge < -0.3 is 4.74 Å². The molecule has 1 amide bonds. The van der Waals surface area contributed by atoms with Gasteiger partial charge in [0, 0.05) is 18.3 Å². The van der Waals surface area contributed by atoms with Crippen molar-refractivity contribution in [2.24, 2.45) is 0 Å². The van der Waals surface area contributed by atoms with Gasteiger partial charge in [0.25, 0.3) is 0 Å². The molecule has 24 heavy (non-hydrogen) atoms. The van der Waals surface area contributed by atoms with E-state index in [9.17, 15) is 4.79 Å². The lowest BCUT2D eigenvalue weighted by Crippen LogP contribution is -2.28. The monoisotopic (exact) mass is 342 g/mol. The lowest BCUT2D eigenvalue weighted by atomic mass is 10.0. The first kappa shape index (κ1) is 17.4.